The van der Waals surface area contributed by atoms with E-state index in [1.807, 2.05) is 36.5 Å². The van der Waals surface area contributed by atoms with Crippen molar-refractivity contribution in [1.29, 1.82) is 0 Å². The number of tetrazole rings is 1. The largest absolute Gasteiger partial charge is 0.453 e. The number of aromatic nitrogens is 6. The molecule has 172 valence electrons. The van der Waals surface area contributed by atoms with Crippen LogP contribution in [0.25, 0.3) is 44.7 Å². The lowest BCUT2D eigenvalue weighted by Crippen LogP contribution is -2.09. The highest BCUT2D eigenvalue weighted by atomic mass is 35.5. The molecule has 6 aromatic rings. The van der Waals surface area contributed by atoms with Crippen LogP contribution in [0.5, 0.6) is 0 Å². The van der Waals surface area contributed by atoms with Crippen LogP contribution in [0.4, 0.5) is 5.69 Å². The summed E-state index contributed by atoms with van der Waals surface area (Å²) in [5.74, 6) is 0.358. The van der Waals surface area contributed by atoms with E-state index in [1.54, 1.807) is 6.07 Å². The Morgan fingerprint density at radius 1 is 1.03 bits per heavy atom. The maximum absolute atomic E-state index is 6.53. The third kappa shape index (κ3) is 3.77. The molecule has 1 atom stereocenters. The van der Waals surface area contributed by atoms with Crippen molar-refractivity contribution in [3.05, 3.63) is 83.1 Å². The molecule has 0 spiro atoms. The third-order valence-corrected chi connectivity index (χ3v) is 6.18. The van der Waals surface area contributed by atoms with E-state index in [9.17, 15) is 0 Å². The van der Waals surface area contributed by atoms with Crippen LogP contribution in [0.3, 0.4) is 0 Å². The number of benzene rings is 2. The van der Waals surface area contributed by atoms with Gasteiger partial charge in [-0.3, -0.25) is 4.98 Å². The first kappa shape index (κ1) is 21.2. The lowest BCUT2D eigenvalue weighted by Gasteiger charge is -2.18. The molecule has 4 aromatic heterocycles. The molecule has 0 radical (unpaired) electrons. The van der Waals surface area contributed by atoms with E-state index in [0.29, 0.717) is 16.7 Å². The van der Waals surface area contributed by atoms with Gasteiger partial charge in [0.2, 0.25) is 5.82 Å². The summed E-state index contributed by atoms with van der Waals surface area (Å²) < 4.78 is 6.53. The molecule has 0 aliphatic heterocycles. The monoisotopic (exact) mass is 481 g/mol. The molecule has 0 fully saturated rings. The van der Waals surface area contributed by atoms with Crippen LogP contribution in [-0.2, 0) is 0 Å². The highest BCUT2D eigenvalue weighted by molar-refractivity contribution is 6.29. The maximum Gasteiger partial charge on any atom is 0.225 e. The van der Waals surface area contributed by atoms with Crippen LogP contribution in [-0.4, -0.2) is 30.6 Å². The summed E-state index contributed by atoms with van der Waals surface area (Å²) in [6, 6.07) is 19.9. The number of H-pyrrole nitrogens is 1. The summed E-state index contributed by atoms with van der Waals surface area (Å²) in [6.07, 6.45) is 1.83. The molecule has 0 aliphatic carbocycles. The van der Waals surface area contributed by atoms with Gasteiger partial charge in [-0.15, -0.1) is 10.2 Å². The van der Waals surface area contributed by atoms with Crippen LogP contribution in [0.1, 0.15) is 24.1 Å². The highest BCUT2D eigenvalue weighted by Crippen LogP contribution is 2.39. The normalized spacial score (nSPS) is 12.3. The van der Waals surface area contributed by atoms with Crippen molar-refractivity contribution in [2.45, 2.75) is 19.9 Å². The fourth-order valence-electron chi connectivity index (χ4n) is 4.40. The van der Waals surface area contributed by atoms with Crippen LogP contribution in [0.2, 0.25) is 5.15 Å². The number of pyridine rings is 2. The number of aryl methyl sites for hydroxylation is 1. The Morgan fingerprint density at radius 3 is 2.69 bits per heavy atom. The summed E-state index contributed by atoms with van der Waals surface area (Å²) in [6.45, 7) is 4.14. The second-order valence-corrected chi connectivity index (χ2v) is 8.75. The zero-order valence-electron chi connectivity index (χ0n) is 19.0. The molecule has 2 aromatic carbocycles. The zero-order chi connectivity index (χ0) is 23.9. The quantitative estimate of drug-likeness (QED) is 0.276. The van der Waals surface area contributed by atoms with Crippen molar-refractivity contribution in [2.24, 2.45) is 0 Å². The lowest BCUT2D eigenvalue weighted by molar-refractivity contribution is 0.658. The number of hydrogen-bond donors (Lipinski definition) is 2. The average molecular weight is 482 g/mol. The van der Waals surface area contributed by atoms with Gasteiger partial charge in [0.05, 0.1) is 11.7 Å². The van der Waals surface area contributed by atoms with Crippen molar-refractivity contribution in [2.75, 3.05) is 5.32 Å². The van der Waals surface area contributed by atoms with Crippen LogP contribution in [0.15, 0.2) is 71.3 Å². The molecule has 0 amide bonds. The van der Waals surface area contributed by atoms with Crippen molar-refractivity contribution in [3.63, 3.8) is 0 Å². The van der Waals surface area contributed by atoms with Crippen LogP contribution >= 0.6 is 11.6 Å². The fourth-order valence-corrected chi connectivity index (χ4v) is 4.55. The fraction of sp³-hybridized carbons (Fsp3) is 0.115. The van der Waals surface area contributed by atoms with Gasteiger partial charge in [-0.1, -0.05) is 48.0 Å². The molecule has 35 heavy (non-hydrogen) atoms. The summed E-state index contributed by atoms with van der Waals surface area (Å²) >= 11 is 6.15. The number of furan rings is 1. The topological polar surface area (TPSA) is 105 Å². The van der Waals surface area contributed by atoms with E-state index in [2.05, 4.69) is 74.0 Å². The van der Waals surface area contributed by atoms with E-state index in [0.717, 1.165) is 50.0 Å². The van der Waals surface area contributed by atoms with Gasteiger partial charge in [-0.25, -0.2) is 4.98 Å². The first-order valence-electron chi connectivity index (χ1n) is 11.1. The molecule has 6 rings (SSSR count). The van der Waals surface area contributed by atoms with Gasteiger partial charge in [0.15, 0.2) is 5.58 Å². The second-order valence-electron chi connectivity index (χ2n) is 8.37. The molecule has 2 N–H and O–H groups in total. The van der Waals surface area contributed by atoms with E-state index < -0.39 is 0 Å². The number of rotatable bonds is 5. The summed E-state index contributed by atoms with van der Waals surface area (Å²) in [5.41, 5.74) is 7.88. The van der Waals surface area contributed by atoms with E-state index in [1.165, 1.54) is 0 Å². The minimum atomic E-state index is -0.133. The molecule has 0 saturated carbocycles. The van der Waals surface area contributed by atoms with Gasteiger partial charge in [0, 0.05) is 22.7 Å². The number of aromatic amines is 1. The number of hydrogen-bond acceptors (Lipinski definition) is 7. The summed E-state index contributed by atoms with van der Waals surface area (Å²) in [5, 5.41) is 19.1. The van der Waals surface area contributed by atoms with Crippen molar-refractivity contribution < 1.29 is 4.42 Å². The standard InChI is InChI=1S/C26H20ClN7O/c1-14-12-18(15(2)29-20-8-9-21(27)30-23(20)26-31-33-34-32-26)24-19(13-14)22-25(35-24)17(10-11-28-22)16-6-4-3-5-7-16/h3-13,15,29H,1-2H3,(H,31,32,33,34)/t15-/m1/s1. The minimum absolute atomic E-state index is 0.133. The van der Waals surface area contributed by atoms with Gasteiger partial charge >= 0.3 is 0 Å². The smallest absolute Gasteiger partial charge is 0.225 e. The first-order valence-corrected chi connectivity index (χ1v) is 11.5. The molecule has 0 bridgehead atoms. The Labute approximate surface area is 205 Å². The van der Waals surface area contributed by atoms with E-state index in [4.69, 9.17) is 16.0 Å². The number of anilines is 1. The highest BCUT2D eigenvalue weighted by Gasteiger charge is 2.21. The average Bonchev–Trinajstić information content (AvgIpc) is 3.53. The first-order chi connectivity index (χ1) is 17.1. The Hall–Kier alpha value is -4.30. The van der Waals surface area contributed by atoms with Crippen molar-refractivity contribution >= 4 is 39.4 Å². The van der Waals surface area contributed by atoms with Crippen molar-refractivity contribution in [1.82, 2.24) is 30.6 Å². The molecular weight excluding hydrogens is 462 g/mol. The molecule has 4 heterocycles. The van der Waals surface area contributed by atoms with Gasteiger partial charge in [0.1, 0.15) is 21.9 Å². The minimum Gasteiger partial charge on any atom is -0.453 e. The lowest BCUT2D eigenvalue weighted by atomic mass is 10.0. The van der Waals surface area contributed by atoms with Gasteiger partial charge in [-0.2, -0.15) is 5.21 Å². The Morgan fingerprint density at radius 2 is 1.89 bits per heavy atom. The molecule has 0 unspecified atom stereocenters. The number of nitrogens with one attached hydrogen (secondary N) is 2. The summed E-state index contributed by atoms with van der Waals surface area (Å²) in [4.78, 5) is 9.08. The number of nitrogens with zero attached hydrogens (tertiary/aromatic N) is 5. The van der Waals surface area contributed by atoms with Crippen LogP contribution < -0.4 is 5.32 Å². The molecule has 9 heteroatoms. The van der Waals surface area contributed by atoms with Gasteiger partial charge < -0.3 is 9.73 Å². The zero-order valence-corrected chi connectivity index (χ0v) is 19.7. The predicted molar refractivity (Wildman–Crippen MR) is 136 cm³/mol. The SMILES string of the molecule is Cc1cc([C@@H](C)Nc2ccc(Cl)nc2-c2nn[nH]n2)c2oc3c(-c4ccccc4)ccnc3c2c1. The van der Waals surface area contributed by atoms with E-state index in [-0.39, 0.29) is 6.04 Å². The molecular formula is C26H20ClN7O. The Kier molecular flexibility index (Phi) is 5.15. The molecule has 0 aliphatic rings. The predicted octanol–water partition coefficient (Wildman–Crippen LogP) is 6.36. The van der Waals surface area contributed by atoms with Gasteiger partial charge in [0.25, 0.3) is 0 Å². The Balaban J connectivity index is 1.48. The van der Waals surface area contributed by atoms with E-state index >= 15 is 0 Å². The third-order valence-electron chi connectivity index (χ3n) is 5.97. The summed E-state index contributed by atoms with van der Waals surface area (Å²) in [7, 11) is 0. The maximum atomic E-state index is 6.53. The molecule has 0 saturated heterocycles. The van der Waals surface area contributed by atoms with Crippen LogP contribution in [0, 0.1) is 6.92 Å². The second kappa shape index (κ2) is 8.48. The number of halogens is 1. The molecule has 8 nitrogen and oxygen atoms in total. The van der Waals surface area contributed by atoms with Crippen molar-refractivity contribution in [3.8, 4) is 22.6 Å². The van der Waals surface area contributed by atoms with Gasteiger partial charge in [-0.05, 0) is 54.5 Å². The number of fused-ring (bicyclic) bond motifs is 3. The Bertz CT molecular complexity index is 1660.